The van der Waals surface area contributed by atoms with Gasteiger partial charge in [-0.25, -0.2) is 4.98 Å². The summed E-state index contributed by atoms with van der Waals surface area (Å²) in [5, 5.41) is 0.435. The lowest BCUT2D eigenvalue weighted by atomic mass is 10.4. The van der Waals surface area contributed by atoms with Crippen LogP contribution in [0.15, 0.2) is 12.1 Å². The van der Waals surface area contributed by atoms with Crippen molar-refractivity contribution in [2.75, 3.05) is 24.2 Å². The smallest absolute Gasteiger partial charge is 0.133 e. The van der Waals surface area contributed by atoms with E-state index < -0.39 is 0 Å². The lowest BCUT2D eigenvalue weighted by molar-refractivity contribution is 0.939. The van der Waals surface area contributed by atoms with Crippen molar-refractivity contribution in [1.29, 1.82) is 0 Å². The predicted molar refractivity (Wildman–Crippen MR) is 52.6 cm³/mol. The Morgan fingerprint density at radius 1 is 1.58 bits per heavy atom. The molecule has 1 aromatic rings. The third kappa shape index (κ3) is 2.01. The number of anilines is 2. The number of pyridine rings is 1. The second-order valence-corrected chi connectivity index (χ2v) is 2.98. The standard InChI is InChI=1S/C8H12ClN3/c1-3-12(2)8-5-6(10)4-7(9)11-8/h4-5H,3H2,1-2H3,(H2,10,11). The third-order valence-corrected chi connectivity index (χ3v) is 1.86. The van der Waals surface area contributed by atoms with Gasteiger partial charge in [0.15, 0.2) is 0 Å². The summed E-state index contributed by atoms with van der Waals surface area (Å²) in [6.45, 7) is 2.92. The summed E-state index contributed by atoms with van der Waals surface area (Å²) < 4.78 is 0. The van der Waals surface area contributed by atoms with Crippen LogP contribution >= 0.6 is 11.6 Å². The van der Waals surface area contributed by atoms with Gasteiger partial charge in [0, 0.05) is 25.3 Å². The van der Waals surface area contributed by atoms with E-state index in [1.165, 1.54) is 0 Å². The molecule has 66 valence electrons. The molecule has 0 saturated carbocycles. The fraction of sp³-hybridized carbons (Fsp3) is 0.375. The van der Waals surface area contributed by atoms with Crippen molar-refractivity contribution in [3.63, 3.8) is 0 Å². The molecule has 0 unspecified atom stereocenters. The second-order valence-electron chi connectivity index (χ2n) is 2.60. The molecule has 0 saturated heterocycles. The molecule has 0 spiro atoms. The number of halogens is 1. The van der Waals surface area contributed by atoms with Gasteiger partial charge < -0.3 is 10.6 Å². The Morgan fingerprint density at radius 2 is 2.25 bits per heavy atom. The first-order chi connectivity index (χ1) is 5.63. The Kier molecular flexibility index (Phi) is 2.76. The molecule has 3 nitrogen and oxygen atoms in total. The zero-order valence-electron chi connectivity index (χ0n) is 7.21. The van der Waals surface area contributed by atoms with Gasteiger partial charge in [-0.2, -0.15) is 0 Å². The summed E-state index contributed by atoms with van der Waals surface area (Å²) in [4.78, 5) is 6.09. The van der Waals surface area contributed by atoms with Crippen LogP contribution in [0.25, 0.3) is 0 Å². The van der Waals surface area contributed by atoms with Gasteiger partial charge in [-0.3, -0.25) is 0 Å². The van der Waals surface area contributed by atoms with Gasteiger partial charge in [-0.1, -0.05) is 11.6 Å². The molecule has 0 aliphatic carbocycles. The molecular formula is C8H12ClN3. The Hall–Kier alpha value is -0.960. The minimum atomic E-state index is 0.435. The highest BCUT2D eigenvalue weighted by atomic mass is 35.5. The number of hydrogen-bond donors (Lipinski definition) is 1. The zero-order chi connectivity index (χ0) is 9.14. The van der Waals surface area contributed by atoms with Gasteiger partial charge in [0.05, 0.1) is 0 Å². The highest BCUT2D eigenvalue weighted by Crippen LogP contribution is 2.17. The normalized spacial score (nSPS) is 9.92. The van der Waals surface area contributed by atoms with Crippen LogP contribution in [0.3, 0.4) is 0 Å². The maximum atomic E-state index is 5.73. The van der Waals surface area contributed by atoms with Crippen molar-refractivity contribution in [2.24, 2.45) is 0 Å². The van der Waals surface area contributed by atoms with Crippen LogP contribution in [0.5, 0.6) is 0 Å². The van der Waals surface area contributed by atoms with Crippen LogP contribution in [0.2, 0.25) is 5.15 Å². The Morgan fingerprint density at radius 3 is 2.75 bits per heavy atom. The van der Waals surface area contributed by atoms with E-state index in [0.29, 0.717) is 10.8 Å². The largest absolute Gasteiger partial charge is 0.399 e. The monoisotopic (exact) mass is 185 g/mol. The van der Waals surface area contributed by atoms with E-state index in [0.717, 1.165) is 12.4 Å². The summed E-state index contributed by atoms with van der Waals surface area (Å²) in [5.41, 5.74) is 6.24. The first-order valence-electron chi connectivity index (χ1n) is 3.77. The Labute approximate surface area is 77.1 Å². The molecule has 1 rings (SSSR count). The van der Waals surface area contributed by atoms with Crippen molar-refractivity contribution in [3.8, 4) is 0 Å². The SMILES string of the molecule is CCN(C)c1cc(N)cc(Cl)n1. The molecule has 0 aliphatic heterocycles. The van der Waals surface area contributed by atoms with Crippen LogP contribution in [-0.2, 0) is 0 Å². The average molecular weight is 186 g/mol. The minimum absolute atomic E-state index is 0.435. The number of nitrogens with two attached hydrogens (primary N) is 1. The molecule has 4 heteroatoms. The topological polar surface area (TPSA) is 42.1 Å². The van der Waals surface area contributed by atoms with E-state index in [2.05, 4.69) is 4.98 Å². The zero-order valence-corrected chi connectivity index (χ0v) is 7.97. The summed E-state index contributed by atoms with van der Waals surface area (Å²) in [7, 11) is 1.94. The van der Waals surface area contributed by atoms with E-state index in [-0.39, 0.29) is 0 Å². The molecule has 0 atom stereocenters. The lowest BCUT2D eigenvalue weighted by Gasteiger charge is -2.15. The van der Waals surface area contributed by atoms with Gasteiger partial charge in [-0.15, -0.1) is 0 Å². The minimum Gasteiger partial charge on any atom is -0.399 e. The Bertz CT molecular complexity index is 255. The van der Waals surface area contributed by atoms with Crippen LogP contribution in [0.4, 0.5) is 11.5 Å². The van der Waals surface area contributed by atoms with E-state index in [1.807, 2.05) is 18.9 Å². The Balaban J connectivity index is 3.00. The number of hydrogen-bond acceptors (Lipinski definition) is 3. The molecule has 2 N–H and O–H groups in total. The molecule has 12 heavy (non-hydrogen) atoms. The van der Waals surface area contributed by atoms with Crippen LogP contribution in [-0.4, -0.2) is 18.6 Å². The highest BCUT2D eigenvalue weighted by molar-refractivity contribution is 6.29. The first-order valence-corrected chi connectivity index (χ1v) is 4.15. The third-order valence-electron chi connectivity index (χ3n) is 1.67. The summed E-state index contributed by atoms with van der Waals surface area (Å²) in [5.74, 6) is 0.808. The quantitative estimate of drug-likeness (QED) is 0.715. The molecular weight excluding hydrogens is 174 g/mol. The molecule has 0 radical (unpaired) electrons. The van der Waals surface area contributed by atoms with E-state index in [1.54, 1.807) is 12.1 Å². The molecule has 0 bridgehead atoms. The van der Waals surface area contributed by atoms with Crippen LogP contribution in [0, 0.1) is 0 Å². The summed E-state index contributed by atoms with van der Waals surface area (Å²) >= 11 is 5.73. The molecule has 1 aromatic heterocycles. The van der Waals surface area contributed by atoms with Crippen molar-refractivity contribution in [1.82, 2.24) is 4.98 Å². The number of aromatic nitrogens is 1. The van der Waals surface area contributed by atoms with Crippen molar-refractivity contribution in [2.45, 2.75) is 6.92 Å². The highest BCUT2D eigenvalue weighted by Gasteiger charge is 2.01. The summed E-state index contributed by atoms with van der Waals surface area (Å²) in [6.07, 6.45) is 0. The van der Waals surface area contributed by atoms with Gasteiger partial charge in [0.25, 0.3) is 0 Å². The maximum absolute atomic E-state index is 5.73. The molecule has 0 aliphatic rings. The van der Waals surface area contributed by atoms with Crippen molar-refractivity contribution >= 4 is 23.1 Å². The molecule has 1 heterocycles. The number of rotatable bonds is 2. The lowest BCUT2D eigenvalue weighted by Crippen LogP contribution is -2.17. The van der Waals surface area contributed by atoms with E-state index in [4.69, 9.17) is 17.3 Å². The number of nitrogen functional groups attached to an aromatic ring is 1. The maximum Gasteiger partial charge on any atom is 0.133 e. The predicted octanol–water partition coefficient (Wildman–Crippen LogP) is 1.77. The van der Waals surface area contributed by atoms with Crippen molar-refractivity contribution < 1.29 is 0 Å². The molecule has 0 aromatic carbocycles. The van der Waals surface area contributed by atoms with E-state index in [9.17, 15) is 0 Å². The number of nitrogens with zero attached hydrogens (tertiary/aromatic N) is 2. The van der Waals surface area contributed by atoms with Crippen LogP contribution in [0.1, 0.15) is 6.92 Å². The fourth-order valence-corrected chi connectivity index (χ4v) is 1.07. The van der Waals surface area contributed by atoms with Gasteiger partial charge >= 0.3 is 0 Å². The van der Waals surface area contributed by atoms with E-state index >= 15 is 0 Å². The van der Waals surface area contributed by atoms with Crippen LogP contribution < -0.4 is 10.6 Å². The molecule has 0 amide bonds. The first kappa shape index (κ1) is 9.13. The molecule has 0 fully saturated rings. The van der Waals surface area contributed by atoms with Gasteiger partial charge in [0.2, 0.25) is 0 Å². The van der Waals surface area contributed by atoms with Crippen molar-refractivity contribution in [3.05, 3.63) is 17.3 Å². The fourth-order valence-electron chi connectivity index (χ4n) is 0.860. The average Bonchev–Trinajstić information content (AvgIpc) is 2.01. The summed E-state index contributed by atoms with van der Waals surface area (Å²) in [6, 6.07) is 3.43. The second kappa shape index (κ2) is 3.63. The van der Waals surface area contributed by atoms with Gasteiger partial charge in [-0.05, 0) is 13.0 Å². The van der Waals surface area contributed by atoms with Gasteiger partial charge in [0.1, 0.15) is 11.0 Å².